The second-order valence-corrected chi connectivity index (χ2v) is 5.82. The lowest BCUT2D eigenvalue weighted by Crippen LogP contribution is -2.13. The molecule has 0 bridgehead atoms. The molecule has 2 aromatic heterocycles. The summed E-state index contributed by atoms with van der Waals surface area (Å²) in [5.41, 5.74) is 1.76. The van der Waals surface area contributed by atoms with Crippen molar-refractivity contribution in [3.05, 3.63) is 77.6 Å². The van der Waals surface area contributed by atoms with Crippen LogP contribution in [-0.4, -0.2) is 27.8 Å². The van der Waals surface area contributed by atoms with Crippen LogP contribution in [0, 0.1) is 18.6 Å². The summed E-state index contributed by atoms with van der Waals surface area (Å²) < 4.78 is 28.1. The highest BCUT2D eigenvalue weighted by Gasteiger charge is 2.17. The minimum Gasteiger partial charge on any atom is -0.340 e. The molecule has 0 amide bonds. The number of carbonyl (C=O) groups excluding carboxylic acids is 1. The topological polar surface area (TPSA) is 59.0 Å². The lowest BCUT2D eigenvalue weighted by atomic mass is 10.0. The third-order valence-corrected chi connectivity index (χ3v) is 3.92. The summed E-state index contributed by atoms with van der Waals surface area (Å²) in [5.74, 6) is -1.58. The molecular weight excluding hydrogens is 338 g/mol. The van der Waals surface area contributed by atoms with Crippen LogP contribution in [0.1, 0.15) is 21.7 Å². The Morgan fingerprint density at radius 3 is 2.50 bits per heavy atom. The molecule has 3 rings (SSSR count). The zero-order chi connectivity index (χ0) is 18.7. The van der Waals surface area contributed by atoms with Crippen LogP contribution in [0.2, 0.25) is 0 Å². The first-order valence-electron chi connectivity index (χ1n) is 7.89. The van der Waals surface area contributed by atoms with Crippen molar-refractivity contribution in [1.29, 1.82) is 0 Å². The van der Waals surface area contributed by atoms with Gasteiger partial charge in [-0.25, -0.2) is 23.7 Å². The Bertz CT molecular complexity index is 948. The van der Waals surface area contributed by atoms with Gasteiger partial charge in [-0.2, -0.15) is 0 Å². The molecule has 0 radical (unpaired) electrons. The van der Waals surface area contributed by atoms with Crippen LogP contribution in [0.3, 0.4) is 0 Å². The molecule has 0 fully saturated rings. The van der Waals surface area contributed by atoms with Gasteiger partial charge in [0.15, 0.2) is 11.6 Å². The van der Waals surface area contributed by atoms with E-state index in [1.807, 2.05) is 0 Å². The van der Waals surface area contributed by atoms with E-state index in [9.17, 15) is 13.6 Å². The molecular formula is C19H16F2N4O. The lowest BCUT2D eigenvalue weighted by molar-refractivity contribution is 0.0983. The van der Waals surface area contributed by atoms with Gasteiger partial charge >= 0.3 is 0 Å². The number of nitrogens with zero attached hydrogens (tertiary/aromatic N) is 4. The van der Waals surface area contributed by atoms with Crippen LogP contribution in [-0.2, 0) is 6.42 Å². The first kappa shape index (κ1) is 17.6. The Hall–Kier alpha value is -3.22. The average Bonchev–Trinajstić information content (AvgIpc) is 2.65. The van der Waals surface area contributed by atoms with E-state index in [1.54, 1.807) is 37.3 Å². The molecule has 0 unspecified atom stereocenters. The summed E-state index contributed by atoms with van der Waals surface area (Å²) in [5, 5.41) is 0. The molecule has 0 spiro atoms. The Morgan fingerprint density at radius 1 is 1.08 bits per heavy atom. The van der Waals surface area contributed by atoms with E-state index in [0.717, 1.165) is 0 Å². The third kappa shape index (κ3) is 3.72. The molecule has 0 atom stereocenters. The van der Waals surface area contributed by atoms with E-state index in [-0.39, 0.29) is 17.8 Å². The van der Waals surface area contributed by atoms with Crippen molar-refractivity contribution < 1.29 is 13.6 Å². The Kier molecular flexibility index (Phi) is 4.97. The van der Waals surface area contributed by atoms with Crippen LogP contribution in [0.4, 0.5) is 20.2 Å². The van der Waals surface area contributed by atoms with Gasteiger partial charge in [0.2, 0.25) is 0 Å². The van der Waals surface area contributed by atoms with Gasteiger partial charge < -0.3 is 4.90 Å². The van der Waals surface area contributed by atoms with Crippen molar-refractivity contribution in [2.24, 2.45) is 0 Å². The standard InChI is InChI=1S/C19H16F2N4O/c1-12-3-5-16(21)19(24-12)18(26)8-13-4-6-15(20)17(7-13)25(2)14-9-22-11-23-10-14/h3-7,9-11H,8H2,1-2H3. The molecule has 0 aliphatic carbocycles. The average molecular weight is 354 g/mol. The van der Waals surface area contributed by atoms with Gasteiger partial charge in [-0.05, 0) is 36.8 Å². The second-order valence-electron chi connectivity index (χ2n) is 5.82. The zero-order valence-corrected chi connectivity index (χ0v) is 14.3. The van der Waals surface area contributed by atoms with Gasteiger partial charge in [0, 0.05) is 19.2 Å². The van der Waals surface area contributed by atoms with E-state index in [1.165, 1.54) is 30.6 Å². The second kappa shape index (κ2) is 7.35. The van der Waals surface area contributed by atoms with Crippen LogP contribution >= 0.6 is 0 Å². The maximum atomic E-state index is 14.2. The molecule has 0 saturated carbocycles. The van der Waals surface area contributed by atoms with Gasteiger partial charge in [0.05, 0.1) is 23.8 Å². The number of carbonyl (C=O) groups is 1. The normalized spacial score (nSPS) is 10.6. The van der Waals surface area contributed by atoms with Crippen molar-refractivity contribution >= 4 is 17.2 Å². The maximum absolute atomic E-state index is 14.2. The lowest BCUT2D eigenvalue weighted by Gasteiger charge is -2.20. The number of hydrogen-bond acceptors (Lipinski definition) is 5. The zero-order valence-electron chi connectivity index (χ0n) is 14.3. The molecule has 5 nitrogen and oxygen atoms in total. The number of halogens is 2. The highest BCUT2D eigenvalue weighted by Crippen LogP contribution is 2.26. The molecule has 3 aromatic rings. The van der Waals surface area contributed by atoms with Crippen molar-refractivity contribution in [2.45, 2.75) is 13.3 Å². The van der Waals surface area contributed by atoms with Gasteiger partial charge in [-0.1, -0.05) is 6.07 Å². The number of ketones is 1. The quantitative estimate of drug-likeness (QED) is 0.655. The minimum atomic E-state index is -0.665. The number of aryl methyl sites for hydroxylation is 1. The molecule has 26 heavy (non-hydrogen) atoms. The van der Waals surface area contributed by atoms with Crippen LogP contribution < -0.4 is 4.90 Å². The predicted molar refractivity (Wildman–Crippen MR) is 93.5 cm³/mol. The van der Waals surface area contributed by atoms with Gasteiger partial charge in [-0.3, -0.25) is 4.79 Å². The van der Waals surface area contributed by atoms with Crippen LogP contribution in [0.15, 0.2) is 49.1 Å². The van der Waals surface area contributed by atoms with E-state index in [0.29, 0.717) is 16.9 Å². The Morgan fingerprint density at radius 2 is 1.77 bits per heavy atom. The number of hydrogen-bond donors (Lipinski definition) is 0. The van der Waals surface area contributed by atoms with Gasteiger partial charge in [0.1, 0.15) is 17.8 Å². The summed E-state index contributed by atoms with van der Waals surface area (Å²) >= 11 is 0. The molecule has 7 heteroatoms. The van der Waals surface area contributed by atoms with E-state index >= 15 is 0 Å². The summed E-state index contributed by atoms with van der Waals surface area (Å²) in [6.45, 7) is 1.68. The fourth-order valence-electron chi connectivity index (χ4n) is 2.53. The first-order valence-corrected chi connectivity index (χ1v) is 7.89. The van der Waals surface area contributed by atoms with Crippen molar-refractivity contribution in [1.82, 2.24) is 15.0 Å². The fraction of sp³-hybridized carbons (Fsp3) is 0.158. The molecule has 1 aromatic carbocycles. The smallest absolute Gasteiger partial charge is 0.188 e. The molecule has 0 aliphatic heterocycles. The molecule has 0 saturated heterocycles. The summed E-state index contributed by atoms with van der Waals surface area (Å²) in [6, 6.07) is 7.04. The summed E-state index contributed by atoms with van der Waals surface area (Å²) in [6.07, 6.45) is 4.40. The maximum Gasteiger partial charge on any atom is 0.188 e. The van der Waals surface area contributed by atoms with E-state index < -0.39 is 17.4 Å². The first-order chi connectivity index (χ1) is 12.5. The van der Waals surface area contributed by atoms with E-state index in [4.69, 9.17) is 0 Å². The highest BCUT2D eigenvalue weighted by molar-refractivity contribution is 5.96. The summed E-state index contributed by atoms with van der Waals surface area (Å²) in [7, 11) is 1.67. The molecule has 132 valence electrons. The van der Waals surface area contributed by atoms with Gasteiger partial charge in [0.25, 0.3) is 0 Å². The van der Waals surface area contributed by atoms with Crippen LogP contribution in [0.5, 0.6) is 0 Å². The largest absolute Gasteiger partial charge is 0.340 e. The number of benzene rings is 1. The van der Waals surface area contributed by atoms with E-state index in [2.05, 4.69) is 15.0 Å². The van der Waals surface area contributed by atoms with Crippen molar-refractivity contribution in [3.8, 4) is 0 Å². The third-order valence-electron chi connectivity index (χ3n) is 3.92. The van der Waals surface area contributed by atoms with Crippen molar-refractivity contribution in [3.63, 3.8) is 0 Å². The molecule has 0 N–H and O–H groups in total. The van der Waals surface area contributed by atoms with Crippen molar-refractivity contribution in [2.75, 3.05) is 11.9 Å². The van der Waals surface area contributed by atoms with Crippen LogP contribution in [0.25, 0.3) is 0 Å². The number of aromatic nitrogens is 3. The number of rotatable bonds is 5. The molecule has 2 heterocycles. The summed E-state index contributed by atoms with van der Waals surface area (Å²) in [4.78, 5) is 25.8. The monoisotopic (exact) mass is 354 g/mol. The minimum absolute atomic E-state index is 0.0835. The SMILES string of the molecule is Cc1ccc(F)c(C(=O)Cc2ccc(F)c(N(C)c3cncnc3)c2)n1. The van der Waals surface area contributed by atoms with Gasteiger partial charge in [-0.15, -0.1) is 0 Å². The Labute approximate surface area is 149 Å². The highest BCUT2D eigenvalue weighted by atomic mass is 19.1. The number of pyridine rings is 1. The fourth-order valence-corrected chi connectivity index (χ4v) is 2.53. The number of anilines is 2. The number of Topliss-reactive ketones (excluding diaryl/α,β-unsaturated/α-hetero) is 1. The Balaban J connectivity index is 1.88. The molecule has 0 aliphatic rings. The predicted octanol–water partition coefficient (Wildman–Crippen LogP) is 3.65.